The molecule has 0 radical (unpaired) electrons. The van der Waals surface area contributed by atoms with Crippen LogP contribution in [0.15, 0.2) is 42.5 Å². The summed E-state index contributed by atoms with van der Waals surface area (Å²) in [6, 6.07) is 14.1. The van der Waals surface area contributed by atoms with E-state index in [0.29, 0.717) is 13.2 Å². The molecule has 0 saturated carbocycles. The molecule has 0 aromatic heterocycles. The standard InChI is InChI=1S/C16H18N2O2/c1-17-15-10-20-9-14(15)16(19)18-13-7-6-11-4-2-3-5-12(11)8-13/h2-8,14-15,17H,9-10H2,1H3,(H,18,19). The van der Waals surface area contributed by atoms with E-state index < -0.39 is 0 Å². The van der Waals surface area contributed by atoms with E-state index >= 15 is 0 Å². The number of fused-ring (bicyclic) bond motifs is 1. The first-order chi connectivity index (χ1) is 9.78. The molecule has 2 aromatic carbocycles. The van der Waals surface area contributed by atoms with E-state index in [1.54, 1.807) is 0 Å². The number of hydrogen-bond acceptors (Lipinski definition) is 3. The molecule has 1 amide bonds. The van der Waals surface area contributed by atoms with E-state index in [-0.39, 0.29) is 17.9 Å². The highest BCUT2D eigenvalue weighted by Gasteiger charge is 2.32. The molecule has 2 atom stereocenters. The van der Waals surface area contributed by atoms with Crippen LogP contribution in [0.2, 0.25) is 0 Å². The van der Waals surface area contributed by atoms with Crippen molar-refractivity contribution in [1.82, 2.24) is 5.32 Å². The van der Waals surface area contributed by atoms with Gasteiger partial charge < -0.3 is 15.4 Å². The topological polar surface area (TPSA) is 50.4 Å². The number of ether oxygens (including phenoxy) is 1. The summed E-state index contributed by atoms with van der Waals surface area (Å²) >= 11 is 0. The number of benzene rings is 2. The van der Waals surface area contributed by atoms with Crippen LogP contribution in [0.4, 0.5) is 5.69 Å². The first-order valence-corrected chi connectivity index (χ1v) is 6.82. The first kappa shape index (κ1) is 13.1. The molecule has 1 saturated heterocycles. The predicted molar refractivity (Wildman–Crippen MR) is 79.7 cm³/mol. The number of hydrogen-bond donors (Lipinski definition) is 2. The lowest BCUT2D eigenvalue weighted by atomic mass is 10.0. The molecule has 20 heavy (non-hydrogen) atoms. The van der Waals surface area contributed by atoms with E-state index in [2.05, 4.69) is 16.7 Å². The van der Waals surface area contributed by atoms with Crippen LogP contribution in [0.25, 0.3) is 10.8 Å². The summed E-state index contributed by atoms with van der Waals surface area (Å²) in [5, 5.41) is 8.40. The lowest BCUT2D eigenvalue weighted by Crippen LogP contribution is -2.39. The molecule has 0 spiro atoms. The molecule has 3 rings (SSSR count). The fourth-order valence-corrected chi connectivity index (χ4v) is 2.60. The van der Waals surface area contributed by atoms with E-state index in [9.17, 15) is 4.79 Å². The fourth-order valence-electron chi connectivity index (χ4n) is 2.60. The van der Waals surface area contributed by atoms with Crippen molar-refractivity contribution < 1.29 is 9.53 Å². The van der Waals surface area contributed by atoms with Crippen molar-refractivity contribution >= 4 is 22.4 Å². The quantitative estimate of drug-likeness (QED) is 0.897. The van der Waals surface area contributed by atoms with Crippen molar-refractivity contribution in [2.45, 2.75) is 6.04 Å². The van der Waals surface area contributed by atoms with Gasteiger partial charge in [0.25, 0.3) is 0 Å². The third kappa shape index (κ3) is 2.53. The third-order valence-electron chi connectivity index (χ3n) is 3.81. The highest BCUT2D eigenvalue weighted by molar-refractivity contribution is 5.96. The Kier molecular flexibility index (Phi) is 3.67. The molecule has 0 bridgehead atoms. The van der Waals surface area contributed by atoms with Gasteiger partial charge in [0.1, 0.15) is 0 Å². The first-order valence-electron chi connectivity index (χ1n) is 6.82. The Morgan fingerprint density at radius 3 is 2.75 bits per heavy atom. The molecule has 104 valence electrons. The van der Waals surface area contributed by atoms with E-state index in [1.165, 1.54) is 5.39 Å². The summed E-state index contributed by atoms with van der Waals surface area (Å²) in [7, 11) is 1.86. The average Bonchev–Trinajstić information content (AvgIpc) is 2.95. The van der Waals surface area contributed by atoms with Crippen LogP contribution in [0.3, 0.4) is 0 Å². The molecular weight excluding hydrogens is 252 g/mol. The Bertz CT molecular complexity index is 627. The minimum Gasteiger partial charge on any atom is -0.379 e. The number of carbonyl (C=O) groups is 1. The van der Waals surface area contributed by atoms with Gasteiger partial charge in [0, 0.05) is 11.7 Å². The number of anilines is 1. The molecule has 1 heterocycles. The normalized spacial score (nSPS) is 22.1. The monoisotopic (exact) mass is 270 g/mol. The minimum atomic E-state index is -0.133. The van der Waals surface area contributed by atoms with Gasteiger partial charge in [0.05, 0.1) is 19.1 Å². The van der Waals surface area contributed by atoms with Crippen LogP contribution < -0.4 is 10.6 Å². The van der Waals surface area contributed by atoms with Crippen LogP contribution >= 0.6 is 0 Å². The Balaban J connectivity index is 1.77. The second kappa shape index (κ2) is 5.61. The van der Waals surface area contributed by atoms with Crippen molar-refractivity contribution in [1.29, 1.82) is 0 Å². The number of carbonyl (C=O) groups excluding carboxylic acids is 1. The summed E-state index contributed by atoms with van der Waals surface area (Å²) in [6.45, 7) is 1.07. The molecule has 0 aliphatic carbocycles. The molecule has 4 heteroatoms. The van der Waals surface area contributed by atoms with Crippen molar-refractivity contribution in [2.75, 3.05) is 25.6 Å². The lowest BCUT2D eigenvalue weighted by molar-refractivity contribution is -0.120. The van der Waals surface area contributed by atoms with Crippen molar-refractivity contribution in [3.63, 3.8) is 0 Å². The third-order valence-corrected chi connectivity index (χ3v) is 3.81. The second-order valence-corrected chi connectivity index (χ2v) is 5.09. The fraction of sp³-hybridized carbons (Fsp3) is 0.312. The summed E-state index contributed by atoms with van der Waals surface area (Å²) in [6.07, 6.45) is 0. The zero-order valence-corrected chi connectivity index (χ0v) is 11.4. The van der Waals surface area contributed by atoms with E-state index in [4.69, 9.17) is 4.74 Å². The summed E-state index contributed by atoms with van der Waals surface area (Å²) in [5.74, 6) is -0.122. The average molecular weight is 270 g/mol. The largest absolute Gasteiger partial charge is 0.379 e. The van der Waals surface area contributed by atoms with E-state index in [1.807, 2.05) is 43.4 Å². The predicted octanol–water partition coefficient (Wildman–Crippen LogP) is 2.01. The summed E-state index contributed by atoms with van der Waals surface area (Å²) < 4.78 is 5.37. The number of likely N-dealkylation sites (N-methyl/N-ethyl adjacent to an activating group) is 1. The Hall–Kier alpha value is -1.91. The Morgan fingerprint density at radius 1 is 1.15 bits per heavy atom. The van der Waals surface area contributed by atoms with Gasteiger partial charge in [0.15, 0.2) is 0 Å². The second-order valence-electron chi connectivity index (χ2n) is 5.09. The van der Waals surface area contributed by atoms with Crippen LogP contribution in [0, 0.1) is 5.92 Å². The van der Waals surface area contributed by atoms with Gasteiger partial charge >= 0.3 is 0 Å². The molecule has 1 aliphatic rings. The molecule has 2 unspecified atom stereocenters. The highest BCUT2D eigenvalue weighted by atomic mass is 16.5. The van der Waals surface area contributed by atoms with Gasteiger partial charge in [-0.25, -0.2) is 0 Å². The van der Waals surface area contributed by atoms with Crippen LogP contribution in [-0.2, 0) is 9.53 Å². The molecular formula is C16H18N2O2. The van der Waals surface area contributed by atoms with Crippen LogP contribution in [0.5, 0.6) is 0 Å². The maximum Gasteiger partial charge on any atom is 0.231 e. The summed E-state index contributed by atoms with van der Waals surface area (Å²) in [5.41, 5.74) is 0.829. The van der Waals surface area contributed by atoms with Crippen LogP contribution in [-0.4, -0.2) is 32.2 Å². The van der Waals surface area contributed by atoms with Crippen LogP contribution in [0.1, 0.15) is 0 Å². The summed E-state index contributed by atoms with van der Waals surface area (Å²) in [4.78, 5) is 12.3. The van der Waals surface area contributed by atoms with Crippen molar-refractivity contribution in [3.05, 3.63) is 42.5 Å². The molecule has 2 N–H and O–H groups in total. The maximum absolute atomic E-state index is 12.3. The van der Waals surface area contributed by atoms with Crippen molar-refractivity contribution in [2.24, 2.45) is 5.92 Å². The van der Waals surface area contributed by atoms with Gasteiger partial charge in [-0.3, -0.25) is 4.79 Å². The molecule has 4 nitrogen and oxygen atoms in total. The van der Waals surface area contributed by atoms with Gasteiger partial charge in [-0.05, 0) is 30.0 Å². The van der Waals surface area contributed by atoms with Crippen molar-refractivity contribution in [3.8, 4) is 0 Å². The zero-order chi connectivity index (χ0) is 13.9. The lowest BCUT2D eigenvalue weighted by Gasteiger charge is -2.16. The highest BCUT2D eigenvalue weighted by Crippen LogP contribution is 2.21. The number of nitrogens with one attached hydrogen (secondary N) is 2. The molecule has 1 aliphatic heterocycles. The minimum absolute atomic E-state index is 0.0112. The van der Waals surface area contributed by atoms with Gasteiger partial charge in [-0.2, -0.15) is 0 Å². The number of rotatable bonds is 3. The van der Waals surface area contributed by atoms with Gasteiger partial charge in [-0.15, -0.1) is 0 Å². The molecule has 2 aromatic rings. The molecule has 1 fully saturated rings. The van der Waals surface area contributed by atoms with Gasteiger partial charge in [-0.1, -0.05) is 30.3 Å². The number of amides is 1. The maximum atomic E-state index is 12.3. The smallest absolute Gasteiger partial charge is 0.231 e. The van der Waals surface area contributed by atoms with E-state index in [0.717, 1.165) is 11.1 Å². The SMILES string of the molecule is CNC1COCC1C(=O)Nc1ccc2ccccc2c1. The Morgan fingerprint density at radius 2 is 1.95 bits per heavy atom. The zero-order valence-electron chi connectivity index (χ0n) is 11.4. The van der Waals surface area contributed by atoms with Gasteiger partial charge in [0.2, 0.25) is 5.91 Å². The Labute approximate surface area is 118 Å².